The summed E-state index contributed by atoms with van der Waals surface area (Å²) in [5.41, 5.74) is 2.02. The molecule has 120 valence electrons. The Bertz CT molecular complexity index is 787. The van der Waals surface area contributed by atoms with Crippen LogP contribution in [0.3, 0.4) is 0 Å². The molecule has 0 bridgehead atoms. The normalized spacial score (nSPS) is 24.7. The largest absolute Gasteiger partial charge is 0.367 e. The number of aromatic amines is 1. The first-order valence-electron chi connectivity index (χ1n) is 8.13. The number of aromatic nitrogens is 1. The molecule has 1 spiro atoms. The number of amides is 1. The van der Waals surface area contributed by atoms with Crippen LogP contribution in [0.1, 0.15) is 35.3 Å². The van der Waals surface area contributed by atoms with Crippen molar-refractivity contribution in [3.63, 3.8) is 0 Å². The highest BCUT2D eigenvalue weighted by Crippen LogP contribution is 2.33. The van der Waals surface area contributed by atoms with Crippen molar-refractivity contribution in [1.82, 2.24) is 9.88 Å². The van der Waals surface area contributed by atoms with Crippen LogP contribution in [0, 0.1) is 6.92 Å². The van der Waals surface area contributed by atoms with Gasteiger partial charge in [-0.15, -0.1) is 0 Å². The molecule has 1 atom stereocenters. The zero-order valence-electron chi connectivity index (χ0n) is 13.2. The lowest BCUT2D eigenvalue weighted by atomic mass is 9.87. The third kappa shape index (κ3) is 2.36. The fraction of sp³-hybridized carbons (Fsp3) is 0.444. The first-order valence-corrected chi connectivity index (χ1v) is 8.13. The Hall–Kier alpha value is -2.14. The molecule has 2 aliphatic heterocycles. The van der Waals surface area contributed by atoms with Gasteiger partial charge in [0.2, 0.25) is 0 Å². The van der Waals surface area contributed by atoms with E-state index in [1.807, 2.05) is 31.2 Å². The van der Waals surface area contributed by atoms with E-state index in [2.05, 4.69) is 4.98 Å². The zero-order chi connectivity index (χ0) is 16.0. The number of ether oxygens (including phenoxy) is 1. The number of nitrogens with zero attached hydrogens (tertiary/aromatic N) is 1. The summed E-state index contributed by atoms with van der Waals surface area (Å²) in [7, 11) is 0. The fourth-order valence-corrected chi connectivity index (χ4v) is 3.67. The van der Waals surface area contributed by atoms with Crippen LogP contribution in [0.15, 0.2) is 24.3 Å². The van der Waals surface area contributed by atoms with Gasteiger partial charge in [0.05, 0.1) is 6.54 Å². The summed E-state index contributed by atoms with van der Waals surface area (Å²) in [6.45, 7) is 3.39. The van der Waals surface area contributed by atoms with Crippen molar-refractivity contribution in [1.29, 1.82) is 0 Å². The van der Waals surface area contributed by atoms with Crippen molar-refractivity contribution in [2.24, 2.45) is 0 Å². The first kappa shape index (κ1) is 14.5. The fourth-order valence-electron chi connectivity index (χ4n) is 3.67. The molecular weight excluding hydrogens is 292 g/mol. The smallest absolute Gasteiger partial charge is 0.270 e. The Kier molecular flexibility index (Phi) is 3.27. The van der Waals surface area contributed by atoms with Crippen LogP contribution in [0.5, 0.6) is 0 Å². The topological polar surface area (TPSA) is 62.4 Å². The minimum absolute atomic E-state index is 0.0431. The number of benzene rings is 1. The molecule has 4 rings (SSSR count). The van der Waals surface area contributed by atoms with Gasteiger partial charge in [-0.25, -0.2) is 0 Å². The zero-order valence-corrected chi connectivity index (χ0v) is 13.2. The van der Waals surface area contributed by atoms with Crippen LogP contribution in [0.25, 0.3) is 10.9 Å². The van der Waals surface area contributed by atoms with E-state index in [4.69, 9.17) is 4.74 Å². The number of aryl methyl sites for hydroxylation is 1. The molecule has 1 amide bonds. The number of nitrogens with one attached hydrogen (secondary N) is 1. The number of ketones is 1. The molecule has 0 saturated carbocycles. The first-order chi connectivity index (χ1) is 11.1. The van der Waals surface area contributed by atoms with E-state index >= 15 is 0 Å². The molecule has 3 heterocycles. The Balaban J connectivity index is 1.55. The molecule has 2 aliphatic rings. The highest BCUT2D eigenvalue weighted by molar-refractivity contribution is 6.01. The molecule has 0 radical (unpaired) electrons. The molecule has 1 aromatic heterocycles. The maximum absolute atomic E-state index is 12.7. The maximum atomic E-state index is 12.7. The molecule has 5 heteroatoms. The van der Waals surface area contributed by atoms with Gasteiger partial charge in [-0.05, 0) is 37.5 Å². The summed E-state index contributed by atoms with van der Waals surface area (Å²) in [6.07, 6.45) is 2.33. The molecule has 2 saturated heterocycles. The van der Waals surface area contributed by atoms with Crippen molar-refractivity contribution in [3.8, 4) is 0 Å². The SMILES string of the molecule is Cc1ccc2cc(C(=O)N3CCC4(CCCO4)C(=O)C3)[nH]c2c1. The summed E-state index contributed by atoms with van der Waals surface area (Å²) in [5, 5.41) is 1.01. The summed E-state index contributed by atoms with van der Waals surface area (Å²) in [5.74, 6) is -0.0680. The van der Waals surface area contributed by atoms with Crippen LogP contribution in [0.2, 0.25) is 0 Å². The molecule has 2 fully saturated rings. The van der Waals surface area contributed by atoms with Crippen LogP contribution >= 0.6 is 0 Å². The summed E-state index contributed by atoms with van der Waals surface area (Å²) in [6, 6.07) is 7.91. The lowest BCUT2D eigenvalue weighted by Gasteiger charge is -2.36. The Morgan fingerprint density at radius 1 is 1.30 bits per heavy atom. The number of Topliss-reactive ketones (excluding diaryl/α,β-unsaturated/α-hetero) is 1. The molecule has 1 N–H and O–H groups in total. The van der Waals surface area contributed by atoms with E-state index in [1.54, 1.807) is 4.90 Å². The van der Waals surface area contributed by atoms with Gasteiger partial charge in [0.25, 0.3) is 5.91 Å². The van der Waals surface area contributed by atoms with Crippen molar-refractivity contribution in [2.45, 2.75) is 31.8 Å². The van der Waals surface area contributed by atoms with Crippen molar-refractivity contribution < 1.29 is 14.3 Å². The lowest BCUT2D eigenvalue weighted by molar-refractivity contribution is -0.144. The second-order valence-corrected chi connectivity index (χ2v) is 6.62. The van der Waals surface area contributed by atoms with Crippen LogP contribution in [0.4, 0.5) is 0 Å². The second kappa shape index (κ2) is 5.20. The van der Waals surface area contributed by atoms with E-state index < -0.39 is 5.60 Å². The van der Waals surface area contributed by atoms with Gasteiger partial charge in [-0.3, -0.25) is 9.59 Å². The van der Waals surface area contributed by atoms with Gasteiger partial charge in [-0.1, -0.05) is 12.1 Å². The quantitative estimate of drug-likeness (QED) is 0.880. The number of likely N-dealkylation sites (tertiary alicyclic amines) is 1. The maximum Gasteiger partial charge on any atom is 0.270 e. The summed E-state index contributed by atoms with van der Waals surface area (Å²) >= 11 is 0. The third-order valence-corrected chi connectivity index (χ3v) is 5.03. The Morgan fingerprint density at radius 3 is 2.91 bits per heavy atom. The van der Waals surface area contributed by atoms with Gasteiger partial charge in [-0.2, -0.15) is 0 Å². The van der Waals surface area contributed by atoms with E-state index in [0.29, 0.717) is 25.3 Å². The molecule has 1 unspecified atom stereocenters. The van der Waals surface area contributed by atoms with Crippen molar-refractivity contribution >= 4 is 22.6 Å². The number of piperidine rings is 1. The minimum atomic E-state index is -0.617. The Morgan fingerprint density at radius 2 is 2.17 bits per heavy atom. The Labute approximate surface area is 134 Å². The van der Waals surface area contributed by atoms with Gasteiger partial charge in [0.1, 0.15) is 11.3 Å². The predicted octanol–water partition coefficient (Wildman–Crippen LogP) is 2.44. The molecule has 1 aromatic carbocycles. The van der Waals surface area contributed by atoms with E-state index in [9.17, 15) is 9.59 Å². The van der Waals surface area contributed by atoms with Gasteiger partial charge >= 0.3 is 0 Å². The monoisotopic (exact) mass is 312 g/mol. The highest BCUT2D eigenvalue weighted by Gasteiger charge is 2.46. The molecule has 2 aromatic rings. The van der Waals surface area contributed by atoms with Gasteiger partial charge < -0.3 is 14.6 Å². The minimum Gasteiger partial charge on any atom is -0.367 e. The van der Waals surface area contributed by atoms with E-state index in [-0.39, 0.29) is 18.2 Å². The molecule has 0 aliphatic carbocycles. The summed E-state index contributed by atoms with van der Waals surface area (Å²) in [4.78, 5) is 30.0. The number of carbonyl (C=O) groups excluding carboxylic acids is 2. The highest BCUT2D eigenvalue weighted by atomic mass is 16.5. The standard InChI is InChI=1S/C18H20N2O3/c1-12-3-4-13-10-15(19-14(13)9-12)17(22)20-7-6-18(16(21)11-20)5-2-8-23-18/h3-4,9-10,19H,2,5-8,11H2,1H3. The van der Waals surface area contributed by atoms with E-state index in [0.717, 1.165) is 29.3 Å². The average Bonchev–Trinajstić information content (AvgIpc) is 3.16. The lowest BCUT2D eigenvalue weighted by Crippen LogP contribution is -2.53. The van der Waals surface area contributed by atoms with Crippen molar-refractivity contribution in [2.75, 3.05) is 19.7 Å². The number of hydrogen-bond donors (Lipinski definition) is 1. The average molecular weight is 312 g/mol. The van der Waals surface area contributed by atoms with Gasteiger partial charge in [0, 0.05) is 30.5 Å². The summed E-state index contributed by atoms with van der Waals surface area (Å²) < 4.78 is 5.69. The number of carbonyl (C=O) groups is 2. The predicted molar refractivity (Wildman–Crippen MR) is 86.5 cm³/mol. The van der Waals surface area contributed by atoms with E-state index in [1.165, 1.54) is 0 Å². The second-order valence-electron chi connectivity index (χ2n) is 6.62. The number of H-pyrrole nitrogens is 1. The van der Waals surface area contributed by atoms with Gasteiger partial charge in [0.15, 0.2) is 5.78 Å². The van der Waals surface area contributed by atoms with Crippen molar-refractivity contribution in [3.05, 3.63) is 35.5 Å². The third-order valence-electron chi connectivity index (χ3n) is 5.03. The number of hydrogen-bond acceptors (Lipinski definition) is 3. The molecule has 5 nitrogen and oxygen atoms in total. The van der Waals surface area contributed by atoms with Crippen LogP contribution in [-0.2, 0) is 9.53 Å². The molecular formula is C18H20N2O3. The van der Waals surface area contributed by atoms with Crippen LogP contribution < -0.4 is 0 Å². The molecule has 23 heavy (non-hydrogen) atoms. The van der Waals surface area contributed by atoms with Crippen LogP contribution in [-0.4, -0.2) is 46.9 Å². The number of rotatable bonds is 1. The number of fused-ring (bicyclic) bond motifs is 1.